The van der Waals surface area contributed by atoms with E-state index in [-0.39, 0.29) is 11.2 Å². The van der Waals surface area contributed by atoms with Gasteiger partial charge in [0.1, 0.15) is 5.82 Å². The van der Waals surface area contributed by atoms with Crippen LogP contribution in [-0.2, 0) is 11.8 Å². The fourth-order valence-corrected chi connectivity index (χ4v) is 9.90. The van der Waals surface area contributed by atoms with Crippen molar-refractivity contribution in [2.45, 2.75) is 32.6 Å². The maximum atomic E-state index is 14.7. The van der Waals surface area contributed by atoms with E-state index >= 15 is 0 Å². The summed E-state index contributed by atoms with van der Waals surface area (Å²) in [6.45, 7) is 11.3. The molecule has 9 aromatic carbocycles. The predicted molar refractivity (Wildman–Crippen MR) is 282 cm³/mol. The van der Waals surface area contributed by atoms with Gasteiger partial charge < -0.3 is 14.4 Å². The summed E-state index contributed by atoms with van der Waals surface area (Å²) in [5.74, 6) is -0.278. The van der Waals surface area contributed by atoms with E-state index in [1.165, 1.54) is 45.0 Å². The maximum absolute atomic E-state index is 14.7. The van der Waals surface area contributed by atoms with Gasteiger partial charge in [-0.2, -0.15) is 0 Å². The Morgan fingerprint density at radius 3 is 1.93 bits per heavy atom. The van der Waals surface area contributed by atoms with Gasteiger partial charge in [-0.1, -0.05) is 135 Å². The number of anilines is 6. The summed E-state index contributed by atoms with van der Waals surface area (Å²) < 4.78 is 17.1. The van der Waals surface area contributed by atoms with Gasteiger partial charge in [-0.25, -0.2) is 4.39 Å². The third-order valence-corrected chi connectivity index (χ3v) is 13.5. The van der Waals surface area contributed by atoms with Crippen molar-refractivity contribution in [2.75, 3.05) is 9.80 Å². The number of fused-ring (bicyclic) bond motifs is 5. The molecule has 0 aliphatic heterocycles. The first-order chi connectivity index (χ1) is 32.7. The average molecular weight is 868 g/mol. The molecule has 1 aliphatic carbocycles. The topological polar surface area (TPSA) is 11.4 Å². The summed E-state index contributed by atoms with van der Waals surface area (Å²) in [7, 11) is 0. The third-order valence-electron chi connectivity index (χ3n) is 13.5. The lowest BCUT2D eigenvalue weighted by Crippen LogP contribution is -2.22. The summed E-state index contributed by atoms with van der Waals surface area (Å²) >= 11 is 0. The second-order valence-electron chi connectivity index (χ2n) is 18.1. The van der Waals surface area contributed by atoms with Crippen LogP contribution in [0.4, 0.5) is 38.5 Å². The van der Waals surface area contributed by atoms with Crippen LogP contribution in [0.2, 0.25) is 0 Å². The molecule has 3 nitrogen and oxygen atoms in total. The minimum atomic E-state index is -0.309. The third kappa shape index (κ3) is 7.61. The molecular formula is C63H50FN3. The monoisotopic (exact) mass is 867 g/mol. The van der Waals surface area contributed by atoms with Crippen molar-refractivity contribution in [2.24, 2.45) is 0 Å². The molecule has 1 aromatic heterocycles. The lowest BCUT2D eigenvalue weighted by atomic mass is 9.75. The van der Waals surface area contributed by atoms with Crippen LogP contribution in [0.15, 0.2) is 237 Å². The first-order valence-electron chi connectivity index (χ1n) is 23.0. The second kappa shape index (κ2) is 17.0. The van der Waals surface area contributed by atoms with Gasteiger partial charge in [0.2, 0.25) is 0 Å². The van der Waals surface area contributed by atoms with E-state index in [2.05, 4.69) is 236 Å². The molecule has 10 aromatic rings. The highest BCUT2D eigenvalue weighted by Gasteiger charge is 2.28. The van der Waals surface area contributed by atoms with Crippen LogP contribution in [0, 0.1) is 12.7 Å². The van der Waals surface area contributed by atoms with Gasteiger partial charge in [0.15, 0.2) is 0 Å². The van der Waals surface area contributed by atoms with E-state index in [0.717, 1.165) is 79.4 Å². The molecule has 0 atom stereocenters. The number of aromatic nitrogens is 1. The quantitative estimate of drug-likeness (QED) is 0.151. The summed E-state index contributed by atoms with van der Waals surface area (Å²) in [6.07, 6.45) is 9.41. The Morgan fingerprint density at radius 2 is 1.16 bits per heavy atom. The fraction of sp³-hybridized carbons (Fsp3) is 0.0794. The number of halogens is 1. The van der Waals surface area contributed by atoms with Crippen LogP contribution in [0.1, 0.15) is 30.5 Å². The molecule has 4 heteroatoms. The molecule has 0 bridgehead atoms. The largest absolute Gasteiger partial charge is 0.310 e. The number of rotatable bonds is 8. The molecule has 0 saturated carbocycles. The van der Waals surface area contributed by atoms with Gasteiger partial charge in [-0.05, 0) is 162 Å². The summed E-state index contributed by atoms with van der Waals surface area (Å²) in [6, 6.07) is 70.4. The normalized spacial score (nSPS) is 14.3. The SMILES string of the molecule is C=C1/C=C\C=C/Cc2ccc(N(c3ccccc3)c3ccc(N(c4ccccc4)c4ccc(F)cc4)c(-c4ccc5c(c4)c4cc(C)ccc4n5-c4ccc5ccccc5c4)c3)cc2C1(C)C. The minimum Gasteiger partial charge on any atom is -0.310 e. The van der Waals surface area contributed by atoms with Crippen molar-refractivity contribution in [3.8, 4) is 16.8 Å². The van der Waals surface area contributed by atoms with Gasteiger partial charge >= 0.3 is 0 Å². The summed E-state index contributed by atoms with van der Waals surface area (Å²) in [4.78, 5) is 4.60. The van der Waals surface area contributed by atoms with Crippen LogP contribution in [0.25, 0.3) is 49.4 Å². The number of hydrogen-bond acceptors (Lipinski definition) is 2. The molecule has 1 aliphatic rings. The van der Waals surface area contributed by atoms with Crippen LogP contribution >= 0.6 is 0 Å². The average Bonchev–Trinajstić information content (AvgIpc) is 3.70. The Bertz CT molecular complexity index is 3560. The van der Waals surface area contributed by atoms with Crippen molar-refractivity contribution in [1.29, 1.82) is 0 Å². The lowest BCUT2D eigenvalue weighted by Gasteiger charge is -2.33. The minimum absolute atomic E-state index is 0.278. The number of nitrogens with zero attached hydrogens (tertiary/aromatic N) is 3. The molecule has 0 fully saturated rings. The number of aryl methyl sites for hydroxylation is 1. The molecule has 0 radical (unpaired) electrons. The zero-order chi connectivity index (χ0) is 45.6. The lowest BCUT2D eigenvalue weighted by molar-refractivity contribution is 0.628. The molecule has 0 amide bonds. The smallest absolute Gasteiger partial charge is 0.123 e. The highest BCUT2D eigenvalue weighted by atomic mass is 19.1. The Labute approximate surface area is 392 Å². The van der Waals surface area contributed by atoms with Gasteiger partial charge in [0, 0.05) is 55.9 Å². The van der Waals surface area contributed by atoms with Gasteiger partial charge in [-0.3, -0.25) is 0 Å². The highest BCUT2D eigenvalue weighted by Crippen LogP contribution is 2.47. The van der Waals surface area contributed by atoms with Crippen LogP contribution in [0.5, 0.6) is 0 Å². The van der Waals surface area contributed by atoms with E-state index < -0.39 is 0 Å². The molecule has 0 spiro atoms. The molecular weight excluding hydrogens is 818 g/mol. The molecule has 0 N–H and O–H groups in total. The zero-order valence-electron chi connectivity index (χ0n) is 38.0. The van der Waals surface area contributed by atoms with Gasteiger partial charge in [0.25, 0.3) is 0 Å². The number of hydrogen-bond donors (Lipinski definition) is 0. The standard InChI is InChI=1S/C63H50FN3/c1-43-24-35-61-57(38-43)58-40-48(27-36-62(58)67(61)53-30-25-45-17-14-15-19-47(45)39-53)56-41-54(34-37-60(56)66(51-22-12-7-13-23-51)52-32-28-49(64)29-33-52)65(50-20-10-6-11-21-50)55-31-26-46-18-9-5-8-16-44(2)63(3,4)59(46)42-55/h5-17,19-42H,2,18H2,1,3-4H3/b9-5-,16-8-. The van der Waals surface area contributed by atoms with E-state index in [1.807, 2.05) is 18.2 Å². The molecule has 0 unspecified atom stereocenters. The molecule has 11 rings (SSSR count). The number of allylic oxidation sites excluding steroid dienone is 5. The second-order valence-corrected chi connectivity index (χ2v) is 18.1. The van der Waals surface area contributed by atoms with E-state index in [4.69, 9.17) is 0 Å². The Hall–Kier alpha value is -8.21. The van der Waals surface area contributed by atoms with E-state index in [0.29, 0.717) is 0 Å². The Balaban J connectivity index is 1.17. The van der Waals surface area contributed by atoms with Crippen molar-refractivity contribution < 1.29 is 4.39 Å². The van der Waals surface area contributed by atoms with Crippen molar-refractivity contribution in [3.05, 3.63) is 259 Å². The van der Waals surface area contributed by atoms with Crippen molar-refractivity contribution >= 4 is 66.7 Å². The first-order valence-corrected chi connectivity index (χ1v) is 23.0. The maximum Gasteiger partial charge on any atom is 0.123 e. The Kier molecular flexibility index (Phi) is 10.5. The van der Waals surface area contributed by atoms with Crippen molar-refractivity contribution in [1.82, 2.24) is 4.57 Å². The van der Waals surface area contributed by atoms with Gasteiger partial charge in [0.05, 0.1) is 16.7 Å². The summed E-state index contributed by atoms with van der Waals surface area (Å²) in [5, 5.41) is 4.77. The van der Waals surface area contributed by atoms with Crippen LogP contribution in [-0.4, -0.2) is 4.57 Å². The van der Waals surface area contributed by atoms with E-state index in [9.17, 15) is 4.39 Å². The van der Waals surface area contributed by atoms with Crippen LogP contribution in [0.3, 0.4) is 0 Å². The number of benzene rings is 9. The van der Waals surface area contributed by atoms with E-state index in [1.54, 1.807) is 0 Å². The van der Waals surface area contributed by atoms with Crippen LogP contribution < -0.4 is 9.80 Å². The Morgan fingerprint density at radius 1 is 0.537 bits per heavy atom. The summed E-state index contributed by atoms with van der Waals surface area (Å²) in [5.41, 5.74) is 15.9. The first kappa shape index (κ1) is 41.5. The molecule has 67 heavy (non-hydrogen) atoms. The molecule has 1 heterocycles. The highest BCUT2D eigenvalue weighted by molar-refractivity contribution is 6.11. The van der Waals surface area contributed by atoms with Gasteiger partial charge in [-0.15, -0.1) is 0 Å². The molecule has 324 valence electrons. The number of para-hydroxylation sites is 2. The molecule has 0 saturated heterocycles. The fourth-order valence-electron chi connectivity index (χ4n) is 9.90. The zero-order valence-corrected chi connectivity index (χ0v) is 38.0. The van der Waals surface area contributed by atoms with Crippen molar-refractivity contribution in [3.63, 3.8) is 0 Å². The predicted octanol–water partition coefficient (Wildman–Crippen LogP) is 17.5.